The molecule has 3 aromatic rings. The second-order valence-corrected chi connectivity index (χ2v) is 13.5. The Hall–Kier alpha value is -2.57. The van der Waals surface area contributed by atoms with Crippen LogP contribution >= 0.6 is 11.3 Å². The quantitative estimate of drug-likeness (QED) is 0.367. The predicted octanol–water partition coefficient (Wildman–Crippen LogP) is 4.40. The van der Waals surface area contributed by atoms with Gasteiger partial charge in [0.15, 0.2) is 5.13 Å². The van der Waals surface area contributed by atoms with Crippen molar-refractivity contribution in [3.05, 3.63) is 47.5 Å². The van der Waals surface area contributed by atoms with E-state index in [0.29, 0.717) is 42.0 Å². The molecule has 0 N–H and O–H groups in total. The second kappa shape index (κ2) is 12.5. The summed E-state index contributed by atoms with van der Waals surface area (Å²) in [6.45, 7) is 9.81. The molecule has 216 valence electrons. The number of benzene rings is 2. The summed E-state index contributed by atoms with van der Waals surface area (Å²) in [5, 5.41) is 0.605. The molecule has 2 aliphatic rings. The number of aromatic nitrogens is 1. The van der Waals surface area contributed by atoms with Crippen LogP contribution in [0.2, 0.25) is 0 Å². The summed E-state index contributed by atoms with van der Waals surface area (Å²) in [6.07, 6.45) is 2.50. The maximum atomic E-state index is 13.9. The molecule has 0 atom stereocenters. The predicted molar refractivity (Wildman–Crippen MR) is 158 cm³/mol. The number of methoxy groups -OCH3 is 1. The van der Waals surface area contributed by atoms with Crippen molar-refractivity contribution in [3.63, 3.8) is 0 Å². The third kappa shape index (κ3) is 6.18. The normalized spacial score (nSPS) is 17.8. The van der Waals surface area contributed by atoms with Crippen molar-refractivity contribution in [3.8, 4) is 5.75 Å². The number of ether oxygens (including phenoxy) is 2. The number of fused-ring (bicyclic) bond motifs is 1. The molecule has 2 aliphatic heterocycles. The van der Waals surface area contributed by atoms with Gasteiger partial charge in [-0.3, -0.25) is 14.6 Å². The number of nitrogens with zero attached hydrogens (tertiary/aromatic N) is 4. The first-order chi connectivity index (χ1) is 19.3. The van der Waals surface area contributed by atoms with E-state index in [4.69, 9.17) is 14.5 Å². The van der Waals surface area contributed by atoms with Gasteiger partial charge < -0.3 is 9.47 Å². The van der Waals surface area contributed by atoms with Crippen molar-refractivity contribution >= 4 is 42.6 Å². The van der Waals surface area contributed by atoms with E-state index in [9.17, 15) is 13.2 Å². The molecule has 1 aromatic heterocycles. The molecule has 40 heavy (non-hydrogen) atoms. The number of hydrogen-bond donors (Lipinski definition) is 0. The monoisotopic (exact) mass is 586 g/mol. The average molecular weight is 587 g/mol. The molecule has 0 radical (unpaired) electrons. The van der Waals surface area contributed by atoms with Crippen molar-refractivity contribution in [1.29, 1.82) is 0 Å². The molecule has 3 heterocycles. The van der Waals surface area contributed by atoms with E-state index < -0.39 is 10.0 Å². The fourth-order valence-electron chi connectivity index (χ4n) is 5.24. The second-order valence-electron chi connectivity index (χ2n) is 10.6. The minimum absolute atomic E-state index is 0.201. The van der Waals surface area contributed by atoms with Gasteiger partial charge >= 0.3 is 0 Å². The fraction of sp³-hybridized carbons (Fsp3) is 0.517. The van der Waals surface area contributed by atoms with Crippen LogP contribution in [0.3, 0.4) is 0 Å². The standard InChI is InChI=1S/C29H38N4O5S2/c1-21-11-15-32(16-12-21)40(35,36)24-8-6-23(7-9-24)28(34)33(14-4-13-31-17-19-38-20-18-31)29-30-26-25(37-3)10-5-22(2)27(26)39-29/h5-10,21H,4,11-20H2,1-3H3. The number of rotatable bonds is 9. The van der Waals surface area contributed by atoms with Crippen molar-refractivity contribution in [2.24, 2.45) is 5.92 Å². The van der Waals surface area contributed by atoms with E-state index in [1.54, 1.807) is 40.6 Å². The number of aryl methyl sites for hydroxylation is 1. The van der Waals surface area contributed by atoms with Crippen LogP contribution in [0.5, 0.6) is 5.75 Å². The van der Waals surface area contributed by atoms with E-state index in [2.05, 4.69) is 11.8 Å². The van der Waals surface area contributed by atoms with Crippen LogP contribution in [0.1, 0.15) is 42.1 Å². The SMILES string of the molecule is COc1ccc(C)c2sc(N(CCCN3CCOCC3)C(=O)c3ccc(S(=O)(=O)N4CCC(C)CC4)cc3)nc12. The van der Waals surface area contributed by atoms with Gasteiger partial charge in [-0.1, -0.05) is 24.3 Å². The number of carbonyl (C=O) groups is 1. The zero-order valence-corrected chi connectivity index (χ0v) is 25.1. The van der Waals surface area contributed by atoms with Gasteiger partial charge in [-0.15, -0.1) is 0 Å². The molecule has 0 bridgehead atoms. The number of morpholine rings is 1. The highest BCUT2D eigenvalue weighted by atomic mass is 32.2. The van der Waals surface area contributed by atoms with E-state index in [1.165, 1.54) is 11.3 Å². The number of amides is 1. The van der Waals surface area contributed by atoms with Gasteiger partial charge in [0.1, 0.15) is 11.3 Å². The van der Waals surface area contributed by atoms with Crippen molar-refractivity contribution in [1.82, 2.24) is 14.2 Å². The van der Waals surface area contributed by atoms with Crippen molar-refractivity contribution in [2.45, 2.75) is 38.0 Å². The van der Waals surface area contributed by atoms with Crippen LogP contribution in [0.25, 0.3) is 10.2 Å². The Bertz CT molecular complexity index is 1430. The van der Waals surface area contributed by atoms with Crippen LogP contribution in [-0.4, -0.2) is 88.1 Å². The number of thiazole rings is 1. The Kier molecular flexibility index (Phi) is 9.06. The Labute approximate surface area is 240 Å². The third-order valence-corrected chi connectivity index (χ3v) is 11.0. The van der Waals surface area contributed by atoms with Crippen molar-refractivity contribution in [2.75, 3.05) is 64.5 Å². The van der Waals surface area contributed by atoms with Gasteiger partial charge in [-0.2, -0.15) is 4.31 Å². The van der Waals surface area contributed by atoms with E-state index >= 15 is 0 Å². The molecule has 1 amide bonds. The van der Waals surface area contributed by atoms with E-state index in [1.807, 2.05) is 19.1 Å². The zero-order chi connectivity index (χ0) is 28.3. The number of anilines is 1. The summed E-state index contributed by atoms with van der Waals surface area (Å²) in [7, 11) is -1.97. The summed E-state index contributed by atoms with van der Waals surface area (Å²) in [4.78, 5) is 23.0. The lowest BCUT2D eigenvalue weighted by Gasteiger charge is -2.29. The summed E-state index contributed by atoms with van der Waals surface area (Å²) >= 11 is 1.47. The summed E-state index contributed by atoms with van der Waals surface area (Å²) < 4.78 is 40.0. The van der Waals surface area contributed by atoms with Gasteiger partial charge in [0.25, 0.3) is 5.91 Å². The molecule has 0 saturated carbocycles. The van der Waals surface area contributed by atoms with Gasteiger partial charge in [0.05, 0.1) is 29.9 Å². The zero-order valence-electron chi connectivity index (χ0n) is 23.5. The molecule has 0 unspecified atom stereocenters. The van der Waals surface area contributed by atoms with Gasteiger partial charge in [-0.25, -0.2) is 13.4 Å². The highest BCUT2D eigenvalue weighted by Gasteiger charge is 2.29. The van der Waals surface area contributed by atoms with E-state index in [-0.39, 0.29) is 10.8 Å². The molecular weight excluding hydrogens is 548 g/mol. The van der Waals surface area contributed by atoms with Crippen molar-refractivity contribution < 1.29 is 22.7 Å². The van der Waals surface area contributed by atoms with Gasteiger partial charge in [0, 0.05) is 44.8 Å². The van der Waals surface area contributed by atoms with Gasteiger partial charge in [-0.05, 0) is 68.0 Å². The number of carbonyl (C=O) groups excluding carboxylic acids is 1. The minimum atomic E-state index is -3.59. The van der Waals surface area contributed by atoms with Crippen LogP contribution in [0.4, 0.5) is 5.13 Å². The number of sulfonamides is 1. The summed E-state index contributed by atoms with van der Waals surface area (Å²) in [5.74, 6) is 1.01. The Balaban J connectivity index is 1.40. The maximum absolute atomic E-state index is 13.9. The minimum Gasteiger partial charge on any atom is -0.494 e. The average Bonchev–Trinajstić information content (AvgIpc) is 3.42. The Morgan fingerprint density at radius 2 is 1.80 bits per heavy atom. The summed E-state index contributed by atoms with van der Waals surface area (Å²) in [5.41, 5.74) is 2.24. The van der Waals surface area contributed by atoms with E-state index in [0.717, 1.165) is 67.9 Å². The summed E-state index contributed by atoms with van der Waals surface area (Å²) in [6, 6.07) is 10.2. The molecule has 2 fully saturated rings. The van der Waals surface area contributed by atoms with Crippen LogP contribution in [-0.2, 0) is 14.8 Å². The molecule has 2 saturated heterocycles. The van der Waals surface area contributed by atoms with Crippen LogP contribution < -0.4 is 9.64 Å². The molecule has 0 aliphatic carbocycles. The van der Waals surface area contributed by atoms with Crippen LogP contribution in [0, 0.1) is 12.8 Å². The smallest absolute Gasteiger partial charge is 0.260 e. The first-order valence-corrected chi connectivity index (χ1v) is 16.2. The molecular formula is C29H38N4O5S2. The Morgan fingerprint density at radius 1 is 1.10 bits per heavy atom. The van der Waals surface area contributed by atoms with Crippen LogP contribution in [0.15, 0.2) is 41.3 Å². The highest BCUT2D eigenvalue weighted by Crippen LogP contribution is 2.37. The lowest BCUT2D eigenvalue weighted by atomic mass is 10.0. The highest BCUT2D eigenvalue weighted by molar-refractivity contribution is 7.89. The Morgan fingerprint density at radius 3 is 2.48 bits per heavy atom. The fourth-order valence-corrected chi connectivity index (χ4v) is 7.79. The third-order valence-electron chi connectivity index (χ3n) is 7.83. The maximum Gasteiger partial charge on any atom is 0.260 e. The first-order valence-electron chi connectivity index (χ1n) is 13.9. The lowest BCUT2D eigenvalue weighted by molar-refractivity contribution is 0.0376. The lowest BCUT2D eigenvalue weighted by Crippen LogP contribution is -2.39. The number of piperidine rings is 1. The largest absolute Gasteiger partial charge is 0.494 e. The number of hydrogen-bond acceptors (Lipinski definition) is 8. The molecule has 9 nitrogen and oxygen atoms in total. The van der Waals surface area contributed by atoms with Gasteiger partial charge in [0.2, 0.25) is 10.0 Å². The molecule has 5 rings (SSSR count). The molecule has 0 spiro atoms. The molecule has 2 aromatic carbocycles. The first kappa shape index (κ1) is 28.9. The molecule has 11 heteroatoms. The topological polar surface area (TPSA) is 92.3 Å².